The molecule has 0 aliphatic heterocycles. The molecule has 114 valence electrons. The van der Waals surface area contributed by atoms with Crippen LogP contribution in [0.3, 0.4) is 0 Å². The maximum absolute atomic E-state index is 10.7. The van der Waals surface area contributed by atoms with Crippen LogP contribution in [0.5, 0.6) is 0 Å². The van der Waals surface area contributed by atoms with E-state index in [1.165, 1.54) is 7.11 Å². The Hall–Kier alpha value is -0.730. The first-order valence-corrected chi connectivity index (χ1v) is 6.18. The van der Waals surface area contributed by atoms with Crippen LogP contribution in [0.2, 0.25) is 0 Å². The van der Waals surface area contributed by atoms with Crippen molar-refractivity contribution in [2.24, 2.45) is 0 Å². The Bertz CT molecular complexity index is 199. The lowest BCUT2D eigenvalue weighted by atomic mass is 10.7. The van der Waals surface area contributed by atoms with E-state index >= 15 is 0 Å². The zero-order chi connectivity index (χ0) is 14.2. The van der Waals surface area contributed by atoms with E-state index in [-0.39, 0.29) is 6.61 Å². The predicted octanol–water partition coefficient (Wildman–Crippen LogP) is -0.128. The molecule has 0 fully saturated rings. The molecule has 0 saturated carbocycles. The Balaban J connectivity index is 2.97. The first-order chi connectivity index (χ1) is 9.31. The third-order valence-corrected chi connectivity index (χ3v) is 2.00. The van der Waals surface area contributed by atoms with Crippen molar-refractivity contribution in [3.63, 3.8) is 0 Å². The minimum absolute atomic E-state index is 0.0465. The normalized spacial score (nSPS) is 10.6. The fourth-order valence-corrected chi connectivity index (χ4v) is 1.02. The standard InChI is InChI=1S/C12H24O7/c1-14-3-4-16-5-6-17-7-8-18-9-10-19-11-12(13)15-2/h3-11H2,1-2H3. The van der Waals surface area contributed by atoms with Crippen LogP contribution in [0.25, 0.3) is 0 Å². The molecule has 0 amide bonds. The Morgan fingerprint density at radius 1 is 0.684 bits per heavy atom. The average molecular weight is 280 g/mol. The van der Waals surface area contributed by atoms with Gasteiger partial charge in [-0.2, -0.15) is 0 Å². The Labute approximate surface area is 114 Å². The van der Waals surface area contributed by atoms with E-state index in [0.717, 1.165) is 0 Å². The van der Waals surface area contributed by atoms with Gasteiger partial charge in [0.1, 0.15) is 6.61 Å². The largest absolute Gasteiger partial charge is 0.467 e. The van der Waals surface area contributed by atoms with Crippen LogP contribution in [0.4, 0.5) is 0 Å². The smallest absolute Gasteiger partial charge is 0.331 e. The summed E-state index contributed by atoms with van der Waals surface area (Å²) in [6.45, 7) is 3.97. The fourth-order valence-electron chi connectivity index (χ4n) is 1.02. The predicted molar refractivity (Wildman–Crippen MR) is 67.2 cm³/mol. The first kappa shape index (κ1) is 18.3. The summed E-state index contributed by atoms with van der Waals surface area (Å²) in [4.78, 5) is 10.7. The van der Waals surface area contributed by atoms with Gasteiger partial charge in [-0.1, -0.05) is 0 Å². The van der Waals surface area contributed by atoms with Crippen molar-refractivity contribution < 1.29 is 33.2 Å². The van der Waals surface area contributed by atoms with E-state index in [2.05, 4.69) is 4.74 Å². The average Bonchev–Trinajstić information content (AvgIpc) is 2.43. The van der Waals surface area contributed by atoms with Crippen LogP contribution in [0.1, 0.15) is 0 Å². The van der Waals surface area contributed by atoms with Crippen molar-refractivity contribution in [1.29, 1.82) is 0 Å². The third-order valence-electron chi connectivity index (χ3n) is 2.00. The van der Waals surface area contributed by atoms with Crippen LogP contribution in [-0.2, 0) is 33.2 Å². The summed E-state index contributed by atoms with van der Waals surface area (Å²) in [5, 5.41) is 0. The molecule has 19 heavy (non-hydrogen) atoms. The summed E-state index contributed by atoms with van der Waals surface area (Å²) in [5.41, 5.74) is 0. The molecule has 0 N–H and O–H groups in total. The molecule has 0 heterocycles. The van der Waals surface area contributed by atoms with Crippen molar-refractivity contribution in [3.8, 4) is 0 Å². The van der Waals surface area contributed by atoms with Crippen LogP contribution in [0, 0.1) is 0 Å². The first-order valence-electron chi connectivity index (χ1n) is 6.18. The molecule has 0 unspecified atom stereocenters. The topological polar surface area (TPSA) is 72.5 Å². The Morgan fingerprint density at radius 3 is 1.53 bits per heavy atom. The number of methoxy groups -OCH3 is 2. The van der Waals surface area contributed by atoms with Crippen molar-refractivity contribution in [1.82, 2.24) is 0 Å². The van der Waals surface area contributed by atoms with E-state index in [1.807, 2.05) is 0 Å². The molecule has 0 saturated heterocycles. The van der Waals surface area contributed by atoms with Crippen LogP contribution in [-0.4, -0.2) is 79.7 Å². The number of esters is 1. The molecule has 7 nitrogen and oxygen atoms in total. The lowest BCUT2D eigenvalue weighted by Gasteiger charge is -2.07. The SMILES string of the molecule is COCCOCCOCCOCCOCC(=O)OC. The zero-order valence-electron chi connectivity index (χ0n) is 11.7. The van der Waals surface area contributed by atoms with Crippen LogP contribution in [0.15, 0.2) is 0 Å². The number of carbonyl (C=O) groups is 1. The van der Waals surface area contributed by atoms with E-state index in [1.54, 1.807) is 7.11 Å². The number of rotatable bonds is 14. The summed E-state index contributed by atoms with van der Waals surface area (Å²) in [7, 11) is 2.95. The molecular weight excluding hydrogens is 256 g/mol. The molecule has 0 atom stereocenters. The fraction of sp³-hybridized carbons (Fsp3) is 0.917. The van der Waals surface area contributed by atoms with Gasteiger partial charge >= 0.3 is 5.97 Å². The molecule has 0 aromatic heterocycles. The highest BCUT2D eigenvalue weighted by Crippen LogP contribution is 1.84. The highest BCUT2D eigenvalue weighted by molar-refractivity contribution is 5.70. The quantitative estimate of drug-likeness (QED) is 0.324. The van der Waals surface area contributed by atoms with Crippen molar-refractivity contribution >= 4 is 5.97 Å². The van der Waals surface area contributed by atoms with Gasteiger partial charge in [0, 0.05) is 7.11 Å². The number of carbonyl (C=O) groups excluding carboxylic acids is 1. The summed E-state index contributed by atoms with van der Waals surface area (Å²) < 4.78 is 30.0. The van der Waals surface area contributed by atoms with Crippen molar-refractivity contribution in [2.75, 3.05) is 73.7 Å². The molecule has 0 aliphatic carbocycles. The molecule has 0 rings (SSSR count). The van der Waals surface area contributed by atoms with Gasteiger partial charge in [-0.3, -0.25) is 0 Å². The minimum atomic E-state index is -0.392. The lowest BCUT2D eigenvalue weighted by Crippen LogP contribution is -2.15. The maximum atomic E-state index is 10.7. The summed E-state index contributed by atoms with van der Waals surface area (Å²) in [5.74, 6) is -0.392. The van der Waals surface area contributed by atoms with Crippen molar-refractivity contribution in [2.45, 2.75) is 0 Å². The molecule has 0 aliphatic rings. The van der Waals surface area contributed by atoms with E-state index < -0.39 is 5.97 Å². The number of hydrogen-bond acceptors (Lipinski definition) is 7. The number of ether oxygens (including phenoxy) is 6. The van der Waals surface area contributed by atoms with Gasteiger partial charge in [-0.15, -0.1) is 0 Å². The van der Waals surface area contributed by atoms with Gasteiger partial charge in [0.05, 0.1) is 60.0 Å². The van der Waals surface area contributed by atoms with Gasteiger partial charge in [0.15, 0.2) is 0 Å². The second-order valence-electron chi connectivity index (χ2n) is 3.46. The molecule has 0 aromatic rings. The van der Waals surface area contributed by atoms with E-state index in [9.17, 15) is 4.79 Å². The summed E-state index contributed by atoms with van der Waals surface area (Å²) in [6.07, 6.45) is 0. The molecule has 7 heteroatoms. The van der Waals surface area contributed by atoms with Gasteiger partial charge < -0.3 is 28.4 Å². The molecular formula is C12H24O7. The highest BCUT2D eigenvalue weighted by Gasteiger charge is 1.98. The molecule has 0 aromatic carbocycles. The van der Waals surface area contributed by atoms with Gasteiger partial charge in [-0.25, -0.2) is 4.79 Å². The Morgan fingerprint density at radius 2 is 1.11 bits per heavy atom. The molecule has 0 radical (unpaired) electrons. The molecule has 0 spiro atoms. The minimum Gasteiger partial charge on any atom is -0.467 e. The van der Waals surface area contributed by atoms with Gasteiger partial charge in [0.2, 0.25) is 0 Å². The van der Waals surface area contributed by atoms with E-state index in [4.69, 9.17) is 23.7 Å². The second-order valence-corrected chi connectivity index (χ2v) is 3.46. The van der Waals surface area contributed by atoms with Crippen molar-refractivity contribution in [3.05, 3.63) is 0 Å². The monoisotopic (exact) mass is 280 g/mol. The maximum Gasteiger partial charge on any atom is 0.331 e. The zero-order valence-corrected chi connectivity index (χ0v) is 11.7. The van der Waals surface area contributed by atoms with Crippen LogP contribution >= 0.6 is 0 Å². The van der Waals surface area contributed by atoms with E-state index in [0.29, 0.717) is 52.9 Å². The highest BCUT2D eigenvalue weighted by atomic mass is 16.6. The summed E-state index contributed by atoms with van der Waals surface area (Å²) >= 11 is 0. The third kappa shape index (κ3) is 15.2. The van der Waals surface area contributed by atoms with Crippen LogP contribution < -0.4 is 0 Å². The van der Waals surface area contributed by atoms with Gasteiger partial charge in [0.25, 0.3) is 0 Å². The lowest BCUT2D eigenvalue weighted by molar-refractivity contribution is -0.146. The second kappa shape index (κ2) is 15.3. The number of hydrogen-bond donors (Lipinski definition) is 0. The summed E-state index contributed by atoms with van der Waals surface area (Å²) in [6, 6.07) is 0. The van der Waals surface area contributed by atoms with Gasteiger partial charge in [-0.05, 0) is 0 Å². The molecule has 0 bridgehead atoms. The Kier molecular flexibility index (Phi) is 14.7.